The molecule has 2 atom stereocenters. The van der Waals surface area contributed by atoms with Gasteiger partial charge in [0.15, 0.2) is 0 Å². The summed E-state index contributed by atoms with van der Waals surface area (Å²) in [5, 5.41) is 3.58. The maximum Gasteiger partial charge on any atom is 0.0110 e. The van der Waals surface area contributed by atoms with E-state index in [1.54, 1.807) is 0 Å². The van der Waals surface area contributed by atoms with Crippen LogP contribution in [0.15, 0.2) is 0 Å². The van der Waals surface area contributed by atoms with Crippen molar-refractivity contribution in [1.82, 2.24) is 10.2 Å². The van der Waals surface area contributed by atoms with Crippen molar-refractivity contribution < 1.29 is 0 Å². The molecule has 17 heavy (non-hydrogen) atoms. The van der Waals surface area contributed by atoms with Gasteiger partial charge in [-0.3, -0.25) is 4.90 Å². The first-order valence-electron chi connectivity index (χ1n) is 7.33. The minimum Gasteiger partial charge on any atom is -0.315 e. The lowest BCUT2D eigenvalue weighted by Crippen LogP contribution is -2.44. The average Bonchev–Trinajstić information content (AvgIpc) is 2.21. The molecule has 0 radical (unpaired) electrons. The van der Waals surface area contributed by atoms with Gasteiger partial charge in [-0.25, -0.2) is 0 Å². The van der Waals surface area contributed by atoms with Gasteiger partial charge in [-0.1, -0.05) is 27.7 Å². The van der Waals surface area contributed by atoms with Crippen LogP contribution < -0.4 is 5.32 Å². The van der Waals surface area contributed by atoms with E-state index < -0.39 is 0 Å². The maximum absolute atomic E-state index is 3.58. The molecular formula is C15H32N2. The minimum atomic E-state index is 0.458. The Morgan fingerprint density at radius 3 is 2.47 bits per heavy atom. The van der Waals surface area contributed by atoms with E-state index in [-0.39, 0.29) is 0 Å². The Hall–Kier alpha value is -0.0800. The molecule has 1 rings (SSSR count). The number of likely N-dealkylation sites (tertiary alicyclic amines) is 1. The molecule has 0 saturated carbocycles. The summed E-state index contributed by atoms with van der Waals surface area (Å²) in [7, 11) is 0. The summed E-state index contributed by atoms with van der Waals surface area (Å²) in [5.74, 6) is 0.890. The van der Waals surface area contributed by atoms with E-state index in [4.69, 9.17) is 0 Å². The SMILES string of the molecule is CC1CCC(C)N(CCNCCC(C)(C)C)C1. The highest BCUT2D eigenvalue weighted by Crippen LogP contribution is 2.20. The molecule has 0 aliphatic carbocycles. The van der Waals surface area contributed by atoms with Gasteiger partial charge in [0.05, 0.1) is 0 Å². The first-order chi connectivity index (χ1) is 7.88. The molecule has 1 heterocycles. The highest BCUT2D eigenvalue weighted by Gasteiger charge is 2.21. The number of piperidine rings is 1. The molecule has 2 heteroatoms. The van der Waals surface area contributed by atoms with Crippen LogP contribution in [0.2, 0.25) is 0 Å². The van der Waals surface area contributed by atoms with E-state index in [2.05, 4.69) is 44.8 Å². The van der Waals surface area contributed by atoms with E-state index in [9.17, 15) is 0 Å². The van der Waals surface area contributed by atoms with Gasteiger partial charge < -0.3 is 5.32 Å². The first-order valence-corrected chi connectivity index (χ1v) is 7.33. The van der Waals surface area contributed by atoms with E-state index in [0.29, 0.717) is 5.41 Å². The zero-order valence-corrected chi connectivity index (χ0v) is 12.6. The molecule has 102 valence electrons. The molecule has 2 nitrogen and oxygen atoms in total. The molecule has 0 aromatic heterocycles. The highest BCUT2D eigenvalue weighted by atomic mass is 15.2. The Morgan fingerprint density at radius 1 is 1.12 bits per heavy atom. The van der Waals surface area contributed by atoms with Gasteiger partial charge in [0.2, 0.25) is 0 Å². The van der Waals surface area contributed by atoms with E-state index in [1.807, 2.05) is 0 Å². The monoisotopic (exact) mass is 240 g/mol. The van der Waals surface area contributed by atoms with Crippen LogP contribution in [0.4, 0.5) is 0 Å². The molecule has 1 aliphatic heterocycles. The normalized spacial score (nSPS) is 27.4. The summed E-state index contributed by atoms with van der Waals surface area (Å²) in [6.07, 6.45) is 4.05. The lowest BCUT2D eigenvalue weighted by Gasteiger charge is -2.36. The topological polar surface area (TPSA) is 15.3 Å². The van der Waals surface area contributed by atoms with Crippen LogP contribution in [-0.2, 0) is 0 Å². The zero-order chi connectivity index (χ0) is 12.9. The predicted molar refractivity (Wildman–Crippen MR) is 76.4 cm³/mol. The predicted octanol–water partition coefficient (Wildman–Crippen LogP) is 3.13. The van der Waals surface area contributed by atoms with Gasteiger partial charge in [0.1, 0.15) is 0 Å². The molecule has 0 bridgehead atoms. The van der Waals surface area contributed by atoms with Crippen molar-refractivity contribution in [2.45, 2.75) is 59.9 Å². The fourth-order valence-electron chi connectivity index (χ4n) is 2.50. The summed E-state index contributed by atoms with van der Waals surface area (Å²) in [4.78, 5) is 2.65. The molecule has 1 N–H and O–H groups in total. The summed E-state index contributed by atoms with van der Waals surface area (Å²) < 4.78 is 0. The van der Waals surface area contributed by atoms with Gasteiger partial charge in [-0.2, -0.15) is 0 Å². The van der Waals surface area contributed by atoms with Gasteiger partial charge >= 0.3 is 0 Å². The Morgan fingerprint density at radius 2 is 1.82 bits per heavy atom. The van der Waals surface area contributed by atoms with E-state index in [0.717, 1.165) is 25.0 Å². The van der Waals surface area contributed by atoms with Crippen LogP contribution in [0.25, 0.3) is 0 Å². The molecule has 1 saturated heterocycles. The highest BCUT2D eigenvalue weighted by molar-refractivity contribution is 4.77. The average molecular weight is 240 g/mol. The number of hydrogen-bond donors (Lipinski definition) is 1. The molecule has 1 fully saturated rings. The van der Waals surface area contributed by atoms with Crippen molar-refractivity contribution in [3.63, 3.8) is 0 Å². The zero-order valence-electron chi connectivity index (χ0n) is 12.6. The summed E-state index contributed by atoms with van der Waals surface area (Å²) in [6.45, 7) is 16.5. The largest absolute Gasteiger partial charge is 0.315 e. The van der Waals surface area contributed by atoms with Crippen molar-refractivity contribution in [3.8, 4) is 0 Å². The molecule has 0 aromatic carbocycles. The third kappa shape index (κ3) is 6.42. The lowest BCUT2D eigenvalue weighted by molar-refractivity contribution is 0.125. The standard InChI is InChI=1S/C15H32N2/c1-13-6-7-14(2)17(12-13)11-10-16-9-8-15(3,4)5/h13-14,16H,6-12H2,1-5H3. The van der Waals surface area contributed by atoms with Crippen LogP contribution in [-0.4, -0.2) is 37.1 Å². The van der Waals surface area contributed by atoms with Gasteiger partial charge in [0, 0.05) is 25.7 Å². The van der Waals surface area contributed by atoms with Crippen LogP contribution in [0, 0.1) is 11.3 Å². The maximum atomic E-state index is 3.58. The van der Waals surface area contributed by atoms with Crippen LogP contribution in [0.3, 0.4) is 0 Å². The molecule has 0 spiro atoms. The number of nitrogens with zero attached hydrogens (tertiary/aromatic N) is 1. The summed E-state index contributed by atoms with van der Waals surface area (Å²) in [5.41, 5.74) is 0.458. The quantitative estimate of drug-likeness (QED) is 0.743. The second kappa shape index (κ2) is 6.75. The fourth-order valence-corrected chi connectivity index (χ4v) is 2.50. The van der Waals surface area contributed by atoms with Crippen LogP contribution in [0.1, 0.15) is 53.9 Å². The van der Waals surface area contributed by atoms with Crippen molar-refractivity contribution in [1.29, 1.82) is 0 Å². The van der Waals surface area contributed by atoms with Crippen molar-refractivity contribution >= 4 is 0 Å². The van der Waals surface area contributed by atoms with Crippen LogP contribution in [0.5, 0.6) is 0 Å². The number of hydrogen-bond acceptors (Lipinski definition) is 2. The molecule has 2 unspecified atom stereocenters. The van der Waals surface area contributed by atoms with Crippen molar-refractivity contribution in [2.75, 3.05) is 26.2 Å². The second-order valence-electron chi connectivity index (χ2n) is 7.09. The molecule has 1 aliphatic rings. The Bertz CT molecular complexity index is 207. The smallest absolute Gasteiger partial charge is 0.0110 e. The summed E-state index contributed by atoms with van der Waals surface area (Å²) in [6, 6.07) is 0.788. The van der Waals surface area contributed by atoms with E-state index >= 15 is 0 Å². The van der Waals surface area contributed by atoms with Gasteiger partial charge in [0.25, 0.3) is 0 Å². The fraction of sp³-hybridized carbons (Fsp3) is 1.00. The summed E-state index contributed by atoms with van der Waals surface area (Å²) >= 11 is 0. The molecular weight excluding hydrogens is 208 g/mol. The van der Waals surface area contributed by atoms with Gasteiger partial charge in [-0.05, 0) is 44.1 Å². The molecule has 0 amide bonds. The van der Waals surface area contributed by atoms with Crippen molar-refractivity contribution in [3.05, 3.63) is 0 Å². The first kappa shape index (κ1) is 15.0. The van der Waals surface area contributed by atoms with Gasteiger partial charge in [-0.15, -0.1) is 0 Å². The third-order valence-corrected chi connectivity index (χ3v) is 3.87. The Kier molecular flexibility index (Phi) is 5.94. The lowest BCUT2D eigenvalue weighted by atomic mass is 9.92. The Balaban J connectivity index is 2.09. The molecule has 0 aromatic rings. The second-order valence-corrected chi connectivity index (χ2v) is 7.09. The van der Waals surface area contributed by atoms with E-state index in [1.165, 1.54) is 32.4 Å². The number of rotatable bonds is 5. The minimum absolute atomic E-state index is 0.458. The van der Waals surface area contributed by atoms with Crippen molar-refractivity contribution in [2.24, 2.45) is 11.3 Å². The number of nitrogens with one attached hydrogen (secondary N) is 1. The van der Waals surface area contributed by atoms with Crippen LogP contribution >= 0.6 is 0 Å². The third-order valence-electron chi connectivity index (χ3n) is 3.87. The Labute approximate surface area is 108 Å².